The number of hydrogen-bond acceptors (Lipinski definition) is 9. The summed E-state index contributed by atoms with van der Waals surface area (Å²) in [5.41, 5.74) is 4.68. The lowest BCUT2D eigenvalue weighted by Crippen LogP contribution is -2.23. The van der Waals surface area contributed by atoms with E-state index >= 15 is 0 Å². The number of nitrogens with zero attached hydrogens (tertiary/aromatic N) is 5. The lowest BCUT2D eigenvalue weighted by Gasteiger charge is -2.21. The number of rotatable bonds is 12. The van der Waals surface area contributed by atoms with Crippen LogP contribution in [-0.4, -0.2) is 43.4 Å². The highest BCUT2D eigenvalue weighted by Gasteiger charge is 2.29. The average molecular weight is 543 g/mol. The Morgan fingerprint density at radius 3 is 2.64 bits per heavy atom. The molecule has 2 aliphatic carbocycles. The molecule has 0 saturated heterocycles. The quantitative estimate of drug-likeness (QED) is 0.195. The maximum atomic E-state index is 12.6. The van der Waals surface area contributed by atoms with Gasteiger partial charge in [-0.1, -0.05) is 6.92 Å². The fraction of sp³-hybridized carbons (Fsp3) is 0.448. The molecule has 2 saturated carbocycles. The molecule has 39 heavy (non-hydrogen) atoms. The number of carbonyl (C=O) groups excluding carboxylic acids is 1. The van der Waals surface area contributed by atoms with Gasteiger partial charge in [0.1, 0.15) is 16.3 Å². The number of amides is 1. The molecule has 1 unspecified atom stereocenters. The van der Waals surface area contributed by atoms with Gasteiger partial charge in [0, 0.05) is 49.2 Å². The third kappa shape index (κ3) is 6.16. The van der Waals surface area contributed by atoms with Gasteiger partial charge in [-0.2, -0.15) is 4.98 Å². The maximum absolute atomic E-state index is 12.6. The van der Waals surface area contributed by atoms with Gasteiger partial charge < -0.3 is 16.0 Å². The van der Waals surface area contributed by atoms with Crippen LogP contribution >= 0.6 is 11.3 Å². The topological polar surface area (TPSA) is 118 Å². The van der Waals surface area contributed by atoms with Gasteiger partial charge in [0.2, 0.25) is 11.9 Å². The van der Waals surface area contributed by atoms with Crippen molar-refractivity contribution in [3.05, 3.63) is 48.2 Å². The van der Waals surface area contributed by atoms with Gasteiger partial charge in [-0.25, -0.2) is 9.97 Å². The molecule has 0 radical (unpaired) electrons. The summed E-state index contributed by atoms with van der Waals surface area (Å²) >= 11 is 1.67. The van der Waals surface area contributed by atoms with Crippen LogP contribution in [0.2, 0.25) is 0 Å². The maximum Gasteiger partial charge on any atom is 0.224 e. The van der Waals surface area contributed by atoms with Gasteiger partial charge in [0.25, 0.3) is 0 Å². The van der Waals surface area contributed by atoms with Crippen LogP contribution in [0.25, 0.3) is 20.8 Å². The molecule has 2 aliphatic rings. The van der Waals surface area contributed by atoms with E-state index in [1.807, 2.05) is 19.2 Å². The summed E-state index contributed by atoms with van der Waals surface area (Å²) in [6.07, 6.45) is 12.1. The van der Waals surface area contributed by atoms with Gasteiger partial charge in [-0.3, -0.25) is 14.8 Å². The van der Waals surface area contributed by atoms with Crippen molar-refractivity contribution in [2.45, 2.75) is 70.8 Å². The van der Waals surface area contributed by atoms with Crippen LogP contribution in [0.15, 0.2) is 36.8 Å². The van der Waals surface area contributed by atoms with E-state index in [2.05, 4.69) is 32.8 Å². The van der Waals surface area contributed by atoms with Crippen molar-refractivity contribution in [1.29, 1.82) is 0 Å². The van der Waals surface area contributed by atoms with Crippen LogP contribution in [-0.2, 0) is 4.79 Å². The highest BCUT2D eigenvalue weighted by molar-refractivity contribution is 7.21. The van der Waals surface area contributed by atoms with Crippen molar-refractivity contribution in [3.63, 3.8) is 0 Å². The first-order chi connectivity index (χ1) is 19.1. The Labute approximate surface area is 232 Å². The zero-order valence-corrected chi connectivity index (χ0v) is 23.2. The first kappa shape index (κ1) is 25.6. The second kappa shape index (κ2) is 11.2. The third-order valence-electron chi connectivity index (χ3n) is 7.37. The Morgan fingerprint density at radius 2 is 1.90 bits per heavy atom. The molecule has 0 bridgehead atoms. The van der Waals surface area contributed by atoms with Gasteiger partial charge in [0.05, 0.1) is 21.7 Å². The lowest BCUT2D eigenvalue weighted by molar-refractivity contribution is -0.116. The van der Waals surface area contributed by atoms with Crippen LogP contribution < -0.4 is 16.0 Å². The molecule has 2 fully saturated rings. The first-order valence-electron chi connectivity index (χ1n) is 13.9. The lowest BCUT2D eigenvalue weighted by atomic mass is 10.1. The molecular weight excluding hydrogens is 508 g/mol. The fourth-order valence-electron chi connectivity index (χ4n) is 4.74. The highest BCUT2D eigenvalue weighted by Crippen LogP contribution is 2.44. The zero-order valence-electron chi connectivity index (χ0n) is 22.4. The van der Waals surface area contributed by atoms with E-state index < -0.39 is 0 Å². The van der Waals surface area contributed by atoms with Crippen molar-refractivity contribution in [1.82, 2.24) is 24.9 Å². The van der Waals surface area contributed by atoms with Crippen molar-refractivity contribution >= 4 is 44.9 Å². The molecule has 4 heterocycles. The van der Waals surface area contributed by atoms with Gasteiger partial charge >= 0.3 is 0 Å². The fourth-order valence-corrected chi connectivity index (χ4v) is 5.81. The standard InChI is InChI=1S/C29H34N8OS/c1-3-20(8-9-23(38)34-21-10-13-30-14-11-21)35-27-24(17(2)33-29(37-27)32-16-18-4-5-18)28-36-26-22(39-28)12-15-31-25(26)19-6-7-19/h10-15,18-20H,3-9,16H2,1-2H3,(H,30,34,38)(H2,32,33,35,37). The van der Waals surface area contributed by atoms with Crippen LogP contribution in [0, 0.1) is 12.8 Å². The van der Waals surface area contributed by atoms with Crippen LogP contribution in [0.5, 0.6) is 0 Å². The van der Waals surface area contributed by atoms with E-state index in [0.29, 0.717) is 30.6 Å². The van der Waals surface area contributed by atoms with Gasteiger partial charge in [0.15, 0.2) is 0 Å². The summed E-state index contributed by atoms with van der Waals surface area (Å²) in [6.45, 7) is 5.05. The number of thiazole rings is 1. The smallest absolute Gasteiger partial charge is 0.224 e. The Hall–Kier alpha value is -3.66. The third-order valence-corrected chi connectivity index (χ3v) is 8.40. The van der Waals surface area contributed by atoms with Crippen LogP contribution in [0.1, 0.15) is 69.2 Å². The normalized spacial score (nSPS) is 15.7. The van der Waals surface area contributed by atoms with E-state index in [-0.39, 0.29) is 11.9 Å². The highest BCUT2D eigenvalue weighted by atomic mass is 32.1. The number of pyridine rings is 2. The van der Waals surface area contributed by atoms with E-state index in [9.17, 15) is 4.79 Å². The number of hydrogen-bond donors (Lipinski definition) is 3. The average Bonchev–Trinajstić information content (AvgIpc) is 3.87. The Morgan fingerprint density at radius 1 is 1.08 bits per heavy atom. The molecule has 4 aromatic rings. The molecule has 10 heteroatoms. The molecule has 6 rings (SSSR count). The summed E-state index contributed by atoms with van der Waals surface area (Å²) in [6, 6.07) is 5.70. The van der Waals surface area contributed by atoms with Gasteiger partial charge in [-0.15, -0.1) is 11.3 Å². The number of carbonyl (C=O) groups is 1. The Bertz CT molecular complexity index is 1470. The molecule has 1 amide bonds. The largest absolute Gasteiger partial charge is 0.367 e. The Balaban J connectivity index is 1.26. The number of nitrogens with one attached hydrogen (secondary N) is 3. The minimum absolute atomic E-state index is 0.0152. The van der Waals surface area contributed by atoms with Crippen molar-refractivity contribution in [3.8, 4) is 10.6 Å². The number of anilines is 3. The van der Waals surface area contributed by atoms with E-state index in [1.54, 1.807) is 35.9 Å². The molecule has 1 atom stereocenters. The monoisotopic (exact) mass is 542 g/mol. The van der Waals surface area contributed by atoms with Crippen LogP contribution in [0.4, 0.5) is 17.5 Å². The SMILES string of the molecule is CCC(CCC(=O)Nc1ccncc1)Nc1nc(NCC2CC2)nc(C)c1-c1nc2c(C3CC3)nccc2s1. The number of aryl methyl sites for hydroxylation is 1. The second-order valence-electron chi connectivity index (χ2n) is 10.6. The molecular formula is C29H34N8OS. The van der Waals surface area contributed by atoms with E-state index in [0.717, 1.165) is 56.6 Å². The summed E-state index contributed by atoms with van der Waals surface area (Å²) in [7, 11) is 0. The summed E-state index contributed by atoms with van der Waals surface area (Å²) in [4.78, 5) is 36.1. The minimum atomic E-state index is -0.0152. The summed E-state index contributed by atoms with van der Waals surface area (Å²) < 4.78 is 1.14. The zero-order chi connectivity index (χ0) is 26.8. The minimum Gasteiger partial charge on any atom is -0.367 e. The predicted molar refractivity (Wildman–Crippen MR) is 156 cm³/mol. The number of aromatic nitrogens is 5. The first-order valence-corrected chi connectivity index (χ1v) is 14.7. The van der Waals surface area contributed by atoms with Crippen molar-refractivity contribution in [2.75, 3.05) is 22.5 Å². The van der Waals surface area contributed by atoms with E-state index in [1.165, 1.54) is 25.7 Å². The van der Waals surface area contributed by atoms with E-state index in [4.69, 9.17) is 15.0 Å². The van der Waals surface area contributed by atoms with Crippen molar-refractivity contribution in [2.24, 2.45) is 5.92 Å². The molecule has 9 nitrogen and oxygen atoms in total. The molecule has 4 aromatic heterocycles. The predicted octanol–water partition coefficient (Wildman–Crippen LogP) is 6.16. The molecule has 3 N–H and O–H groups in total. The summed E-state index contributed by atoms with van der Waals surface area (Å²) in [5, 5.41) is 11.0. The van der Waals surface area contributed by atoms with Crippen molar-refractivity contribution < 1.29 is 4.79 Å². The molecule has 0 aromatic carbocycles. The number of fused-ring (bicyclic) bond motifs is 1. The van der Waals surface area contributed by atoms with Crippen LogP contribution in [0.3, 0.4) is 0 Å². The second-order valence-corrected chi connectivity index (χ2v) is 11.6. The summed E-state index contributed by atoms with van der Waals surface area (Å²) in [5.74, 6) is 2.62. The van der Waals surface area contributed by atoms with Gasteiger partial charge in [-0.05, 0) is 69.6 Å². The molecule has 0 aliphatic heterocycles. The Kier molecular flexibility index (Phi) is 7.36. The molecule has 0 spiro atoms. The molecule has 202 valence electrons.